The van der Waals surface area contributed by atoms with Gasteiger partial charge in [0.1, 0.15) is 5.52 Å². The van der Waals surface area contributed by atoms with E-state index in [0.717, 1.165) is 16.7 Å². The molecule has 0 aliphatic heterocycles. The highest BCUT2D eigenvalue weighted by Crippen LogP contribution is 2.17. The molecule has 2 aromatic carbocycles. The molecule has 3 nitrogen and oxygen atoms in total. The monoisotopic (exact) mass is 229 g/mol. The Morgan fingerprint density at radius 2 is 1.69 bits per heavy atom. The first-order valence-corrected chi connectivity index (χ1v) is 5.29. The van der Waals surface area contributed by atoms with Gasteiger partial charge in [-0.3, -0.25) is 0 Å². The summed E-state index contributed by atoms with van der Waals surface area (Å²) >= 11 is 5.85. The van der Waals surface area contributed by atoms with Crippen LogP contribution in [0.4, 0.5) is 0 Å². The zero-order valence-corrected chi connectivity index (χ0v) is 9.09. The van der Waals surface area contributed by atoms with E-state index in [1.807, 2.05) is 48.5 Å². The van der Waals surface area contributed by atoms with Crippen molar-refractivity contribution in [2.24, 2.45) is 0 Å². The highest BCUT2D eigenvalue weighted by atomic mass is 35.5. The fourth-order valence-corrected chi connectivity index (χ4v) is 1.77. The molecule has 0 spiro atoms. The van der Waals surface area contributed by atoms with Crippen molar-refractivity contribution in [1.82, 2.24) is 15.0 Å². The Labute approximate surface area is 97.3 Å². The van der Waals surface area contributed by atoms with Gasteiger partial charge in [-0.25, -0.2) is 4.68 Å². The summed E-state index contributed by atoms with van der Waals surface area (Å²) in [5.74, 6) is 0. The third kappa shape index (κ3) is 1.46. The van der Waals surface area contributed by atoms with Crippen LogP contribution >= 0.6 is 11.6 Å². The van der Waals surface area contributed by atoms with Crippen LogP contribution in [0, 0.1) is 0 Å². The lowest BCUT2D eigenvalue weighted by Crippen LogP contribution is -1.95. The van der Waals surface area contributed by atoms with Gasteiger partial charge >= 0.3 is 0 Å². The van der Waals surface area contributed by atoms with Crippen LogP contribution in [0.3, 0.4) is 0 Å². The van der Waals surface area contributed by atoms with Gasteiger partial charge in [0, 0.05) is 5.02 Å². The van der Waals surface area contributed by atoms with E-state index < -0.39 is 0 Å². The molecule has 0 aliphatic rings. The molecule has 0 saturated carbocycles. The van der Waals surface area contributed by atoms with Gasteiger partial charge in [0.15, 0.2) is 0 Å². The Kier molecular flexibility index (Phi) is 2.11. The molecule has 16 heavy (non-hydrogen) atoms. The smallest absolute Gasteiger partial charge is 0.113 e. The molecule has 0 unspecified atom stereocenters. The highest BCUT2D eigenvalue weighted by Gasteiger charge is 2.04. The Hall–Kier alpha value is -1.87. The minimum Gasteiger partial charge on any atom is -0.213 e. The number of nitrogens with zero attached hydrogens (tertiary/aromatic N) is 3. The maximum Gasteiger partial charge on any atom is 0.113 e. The van der Waals surface area contributed by atoms with E-state index in [1.165, 1.54) is 0 Å². The molecule has 0 aliphatic carbocycles. The van der Waals surface area contributed by atoms with Gasteiger partial charge in [0.25, 0.3) is 0 Å². The molecule has 0 fully saturated rings. The zero-order valence-electron chi connectivity index (χ0n) is 8.34. The van der Waals surface area contributed by atoms with Crippen molar-refractivity contribution in [2.45, 2.75) is 0 Å². The SMILES string of the molecule is Clc1ccc(-n2nnc3ccccc32)cc1. The Morgan fingerprint density at radius 1 is 0.938 bits per heavy atom. The van der Waals surface area contributed by atoms with Crippen molar-refractivity contribution in [2.75, 3.05) is 0 Å². The second-order valence-corrected chi connectivity index (χ2v) is 3.90. The van der Waals surface area contributed by atoms with Gasteiger partial charge in [0.05, 0.1) is 11.2 Å². The van der Waals surface area contributed by atoms with Crippen LogP contribution in [-0.4, -0.2) is 15.0 Å². The van der Waals surface area contributed by atoms with Gasteiger partial charge in [-0.2, -0.15) is 0 Å². The summed E-state index contributed by atoms with van der Waals surface area (Å²) in [6.45, 7) is 0. The Morgan fingerprint density at radius 3 is 2.50 bits per heavy atom. The third-order valence-electron chi connectivity index (χ3n) is 2.42. The molecule has 3 rings (SSSR count). The van der Waals surface area contributed by atoms with Gasteiger partial charge < -0.3 is 0 Å². The molecule has 1 heterocycles. The van der Waals surface area contributed by atoms with Crippen LogP contribution in [0.25, 0.3) is 16.7 Å². The molecular formula is C12H8ClN3. The molecule has 78 valence electrons. The van der Waals surface area contributed by atoms with Crippen LogP contribution in [0.1, 0.15) is 0 Å². The van der Waals surface area contributed by atoms with E-state index in [2.05, 4.69) is 10.3 Å². The predicted molar refractivity (Wildman–Crippen MR) is 63.9 cm³/mol. The molecule has 0 bridgehead atoms. The third-order valence-corrected chi connectivity index (χ3v) is 2.67. The Bertz CT molecular complexity index is 628. The van der Waals surface area contributed by atoms with Crippen LogP contribution in [-0.2, 0) is 0 Å². The summed E-state index contributed by atoms with van der Waals surface area (Å²) in [5, 5.41) is 8.93. The topological polar surface area (TPSA) is 30.7 Å². The first-order chi connectivity index (χ1) is 7.84. The molecule has 0 N–H and O–H groups in total. The first kappa shape index (κ1) is 9.36. The summed E-state index contributed by atoms with van der Waals surface area (Å²) in [5.41, 5.74) is 2.83. The number of aromatic nitrogens is 3. The van der Waals surface area contributed by atoms with E-state index in [1.54, 1.807) is 4.68 Å². The van der Waals surface area contributed by atoms with E-state index >= 15 is 0 Å². The summed E-state index contributed by atoms with van der Waals surface area (Å²) in [7, 11) is 0. The van der Waals surface area contributed by atoms with Crippen LogP contribution in [0.15, 0.2) is 48.5 Å². The van der Waals surface area contributed by atoms with Gasteiger partial charge in [0.2, 0.25) is 0 Å². The standard InChI is InChI=1S/C12H8ClN3/c13-9-5-7-10(8-6-9)16-12-4-2-1-3-11(12)14-15-16/h1-8H. The molecule has 0 saturated heterocycles. The lowest BCUT2D eigenvalue weighted by Gasteiger charge is -2.01. The van der Waals surface area contributed by atoms with E-state index in [-0.39, 0.29) is 0 Å². The van der Waals surface area contributed by atoms with E-state index in [4.69, 9.17) is 11.6 Å². The van der Waals surface area contributed by atoms with Crippen molar-refractivity contribution in [3.05, 3.63) is 53.6 Å². The predicted octanol–water partition coefficient (Wildman–Crippen LogP) is 3.07. The number of hydrogen-bond donors (Lipinski definition) is 0. The number of halogens is 1. The fourth-order valence-electron chi connectivity index (χ4n) is 1.64. The van der Waals surface area contributed by atoms with Crippen molar-refractivity contribution >= 4 is 22.6 Å². The molecule has 4 heteroatoms. The fraction of sp³-hybridized carbons (Fsp3) is 0. The number of hydrogen-bond acceptors (Lipinski definition) is 2. The Balaban J connectivity index is 2.22. The molecule has 1 aromatic heterocycles. The maximum absolute atomic E-state index is 5.85. The van der Waals surface area contributed by atoms with Crippen molar-refractivity contribution < 1.29 is 0 Å². The van der Waals surface area contributed by atoms with Gasteiger partial charge in [-0.05, 0) is 36.4 Å². The quantitative estimate of drug-likeness (QED) is 0.642. The summed E-state index contributed by atoms with van der Waals surface area (Å²) in [6, 6.07) is 15.4. The number of para-hydroxylation sites is 1. The van der Waals surface area contributed by atoms with Crippen molar-refractivity contribution in [3.8, 4) is 5.69 Å². The maximum atomic E-state index is 5.85. The van der Waals surface area contributed by atoms with Crippen molar-refractivity contribution in [3.63, 3.8) is 0 Å². The summed E-state index contributed by atoms with van der Waals surface area (Å²) in [6.07, 6.45) is 0. The number of benzene rings is 2. The van der Waals surface area contributed by atoms with Crippen molar-refractivity contribution in [1.29, 1.82) is 0 Å². The van der Waals surface area contributed by atoms with E-state index in [9.17, 15) is 0 Å². The normalized spacial score (nSPS) is 10.8. The lowest BCUT2D eigenvalue weighted by molar-refractivity contribution is 0.824. The average molecular weight is 230 g/mol. The summed E-state index contributed by atoms with van der Waals surface area (Å²) < 4.78 is 1.80. The first-order valence-electron chi connectivity index (χ1n) is 4.91. The lowest BCUT2D eigenvalue weighted by atomic mass is 10.3. The molecule has 3 aromatic rings. The second kappa shape index (κ2) is 3.61. The largest absolute Gasteiger partial charge is 0.213 e. The number of rotatable bonds is 1. The van der Waals surface area contributed by atoms with Gasteiger partial charge in [-0.1, -0.05) is 28.9 Å². The van der Waals surface area contributed by atoms with E-state index in [0.29, 0.717) is 5.02 Å². The number of fused-ring (bicyclic) bond motifs is 1. The average Bonchev–Trinajstić information content (AvgIpc) is 2.74. The second-order valence-electron chi connectivity index (χ2n) is 3.47. The van der Waals surface area contributed by atoms with Crippen LogP contribution < -0.4 is 0 Å². The molecule has 0 amide bonds. The molecule has 0 atom stereocenters. The molecule has 0 radical (unpaired) electrons. The van der Waals surface area contributed by atoms with Crippen LogP contribution in [0.2, 0.25) is 5.02 Å². The molecular weight excluding hydrogens is 222 g/mol. The minimum absolute atomic E-state index is 0.716. The van der Waals surface area contributed by atoms with Crippen LogP contribution in [0.5, 0.6) is 0 Å². The highest BCUT2D eigenvalue weighted by molar-refractivity contribution is 6.30. The summed E-state index contributed by atoms with van der Waals surface area (Å²) in [4.78, 5) is 0. The van der Waals surface area contributed by atoms with Gasteiger partial charge in [-0.15, -0.1) is 5.10 Å². The zero-order chi connectivity index (χ0) is 11.0. The minimum atomic E-state index is 0.716.